The van der Waals surface area contributed by atoms with Gasteiger partial charge in [0, 0.05) is 18.5 Å². The molecule has 1 aliphatic heterocycles. The fourth-order valence-corrected chi connectivity index (χ4v) is 2.27. The summed E-state index contributed by atoms with van der Waals surface area (Å²) in [7, 11) is 0. The van der Waals surface area contributed by atoms with Crippen LogP contribution in [0.2, 0.25) is 0 Å². The van der Waals surface area contributed by atoms with Crippen LogP contribution in [-0.2, 0) is 4.79 Å². The van der Waals surface area contributed by atoms with Crippen LogP contribution in [0.3, 0.4) is 0 Å². The highest BCUT2D eigenvalue weighted by molar-refractivity contribution is 5.83. The van der Waals surface area contributed by atoms with Crippen molar-refractivity contribution in [2.75, 3.05) is 13.1 Å². The van der Waals surface area contributed by atoms with E-state index in [-0.39, 0.29) is 5.41 Å². The third-order valence-corrected chi connectivity index (χ3v) is 3.37. The van der Waals surface area contributed by atoms with E-state index in [1.165, 1.54) is 19.3 Å². The molecule has 1 amide bonds. The number of amides is 1. The van der Waals surface area contributed by atoms with Gasteiger partial charge in [0.15, 0.2) is 0 Å². The average Bonchev–Trinajstić information content (AvgIpc) is 2.33. The second kappa shape index (κ2) is 2.75. The summed E-state index contributed by atoms with van der Waals surface area (Å²) in [5.74, 6) is 0.422. The standard InChI is InChI=1S/C10H17NO/c1-10(5-2-3-6-10)9(12)11-7-4-8-11/h2-8H2,1H3. The fraction of sp³-hybridized carbons (Fsp3) is 0.900. The molecule has 2 fully saturated rings. The molecule has 0 spiro atoms. The summed E-state index contributed by atoms with van der Waals surface area (Å²) >= 11 is 0. The van der Waals surface area contributed by atoms with Gasteiger partial charge in [-0.05, 0) is 19.3 Å². The third kappa shape index (κ3) is 1.13. The molecule has 0 radical (unpaired) electrons. The summed E-state index contributed by atoms with van der Waals surface area (Å²) < 4.78 is 0. The summed E-state index contributed by atoms with van der Waals surface area (Å²) in [4.78, 5) is 13.9. The van der Waals surface area contributed by atoms with Gasteiger partial charge < -0.3 is 4.90 Å². The van der Waals surface area contributed by atoms with E-state index in [9.17, 15) is 4.79 Å². The normalized spacial score (nSPS) is 26.9. The number of nitrogens with zero attached hydrogens (tertiary/aromatic N) is 1. The highest BCUT2D eigenvalue weighted by Crippen LogP contribution is 2.39. The molecule has 2 rings (SSSR count). The van der Waals surface area contributed by atoms with E-state index in [0.29, 0.717) is 5.91 Å². The summed E-state index contributed by atoms with van der Waals surface area (Å²) in [6, 6.07) is 0. The molecule has 0 bridgehead atoms. The van der Waals surface area contributed by atoms with Crippen molar-refractivity contribution in [3.63, 3.8) is 0 Å². The predicted octanol–water partition coefficient (Wildman–Crippen LogP) is 1.80. The highest BCUT2D eigenvalue weighted by Gasteiger charge is 2.40. The van der Waals surface area contributed by atoms with Crippen molar-refractivity contribution in [3.05, 3.63) is 0 Å². The van der Waals surface area contributed by atoms with E-state index in [0.717, 1.165) is 25.9 Å². The number of likely N-dealkylation sites (tertiary alicyclic amines) is 1. The second-order valence-corrected chi connectivity index (χ2v) is 4.41. The Morgan fingerprint density at radius 2 is 1.75 bits per heavy atom. The van der Waals surface area contributed by atoms with Crippen LogP contribution in [0.5, 0.6) is 0 Å². The highest BCUT2D eigenvalue weighted by atomic mass is 16.2. The van der Waals surface area contributed by atoms with Crippen molar-refractivity contribution < 1.29 is 4.79 Å². The van der Waals surface area contributed by atoms with E-state index in [4.69, 9.17) is 0 Å². The molecular weight excluding hydrogens is 150 g/mol. The van der Waals surface area contributed by atoms with Crippen LogP contribution in [0.1, 0.15) is 39.0 Å². The summed E-state index contributed by atoms with van der Waals surface area (Å²) in [5.41, 5.74) is 0.0143. The van der Waals surface area contributed by atoms with Crippen LogP contribution in [0.25, 0.3) is 0 Å². The van der Waals surface area contributed by atoms with Gasteiger partial charge in [-0.2, -0.15) is 0 Å². The van der Waals surface area contributed by atoms with Crippen LogP contribution >= 0.6 is 0 Å². The summed E-state index contributed by atoms with van der Waals surface area (Å²) in [6.45, 7) is 4.16. The first-order chi connectivity index (χ1) is 5.72. The fourth-order valence-electron chi connectivity index (χ4n) is 2.27. The van der Waals surface area contributed by atoms with Gasteiger partial charge in [0.05, 0.1) is 0 Å². The van der Waals surface area contributed by atoms with Gasteiger partial charge in [-0.1, -0.05) is 19.8 Å². The average molecular weight is 167 g/mol. The lowest BCUT2D eigenvalue weighted by Gasteiger charge is -2.37. The molecule has 1 saturated carbocycles. The Morgan fingerprint density at radius 1 is 1.17 bits per heavy atom. The van der Waals surface area contributed by atoms with Crippen LogP contribution in [-0.4, -0.2) is 23.9 Å². The molecule has 12 heavy (non-hydrogen) atoms. The summed E-state index contributed by atoms with van der Waals surface area (Å²) in [6.07, 6.45) is 5.93. The van der Waals surface area contributed by atoms with Gasteiger partial charge in [-0.3, -0.25) is 4.79 Å². The maximum atomic E-state index is 11.9. The van der Waals surface area contributed by atoms with Crippen molar-refractivity contribution in [2.24, 2.45) is 5.41 Å². The van der Waals surface area contributed by atoms with Crippen LogP contribution in [0.15, 0.2) is 0 Å². The molecule has 0 aromatic rings. The Balaban J connectivity index is 2.01. The van der Waals surface area contributed by atoms with Gasteiger partial charge in [0.25, 0.3) is 0 Å². The maximum Gasteiger partial charge on any atom is 0.228 e. The minimum absolute atomic E-state index is 0.0143. The Kier molecular flexibility index (Phi) is 1.85. The second-order valence-electron chi connectivity index (χ2n) is 4.41. The molecule has 0 N–H and O–H groups in total. The van der Waals surface area contributed by atoms with Crippen LogP contribution in [0.4, 0.5) is 0 Å². The molecule has 0 atom stereocenters. The Bertz CT molecular complexity index is 190. The third-order valence-electron chi connectivity index (χ3n) is 3.37. The van der Waals surface area contributed by atoms with E-state index in [1.54, 1.807) is 0 Å². The zero-order chi connectivity index (χ0) is 8.60. The van der Waals surface area contributed by atoms with Crippen molar-refractivity contribution >= 4 is 5.91 Å². The van der Waals surface area contributed by atoms with Crippen LogP contribution in [0, 0.1) is 5.41 Å². The van der Waals surface area contributed by atoms with Crippen molar-refractivity contribution in [1.29, 1.82) is 0 Å². The van der Waals surface area contributed by atoms with Crippen molar-refractivity contribution in [2.45, 2.75) is 39.0 Å². The van der Waals surface area contributed by atoms with E-state index in [2.05, 4.69) is 6.92 Å². The predicted molar refractivity (Wildman–Crippen MR) is 47.8 cm³/mol. The Labute approximate surface area is 73.9 Å². The number of carbonyl (C=O) groups excluding carboxylic acids is 1. The first-order valence-electron chi connectivity index (χ1n) is 5.02. The van der Waals surface area contributed by atoms with Crippen molar-refractivity contribution in [1.82, 2.24) is 4.90 Å². The molecule has 0 unspecified atom stereocenters. The number of carbonyl (C=O) groups is 1. The molecule has 68 valence electrons. The molecule has 2 aliphatic rings. The molecule has 1 aliphatic carbocycles. The summed E-state index contributed by atoms with van der Waals surface area (Å²) in [5, 5.41) is 0. The minimum Gasteiger partial charge on any atom is -0.342 e. The molecule has 1 heterocycles. The number of rotatable bonds is 1. The van der Waals surface area contributed by atoms with E-state index < -0.39 is 0 Å². The lowest BCUT2D eigenvalue weighted by atomic mass is 9.86. The smallest absolute Gasteiger partial charge is 0.228 e. The monoisotopic (exact) mass is 167 g/mol. The molecule has 0 aromatic carbocycles. The topological polar surface area (TPSA) is 20.3 Å². The lowest BCUT2D eigenvalue weighted by molar-refractivity contribution is -0.144. The van der Waals surface area contributed by atoms with Crippen molar-refractivity contribution in [3.8, 4) is 0 Å². The Hall–Kier alpha value is -0.530. The molecule has 2 heteroatoms. The SMILES string of the molecule is CC1(C(=O)N2CCC2)CCCC1. The largest absolute Gasteiger partial charge is 0.342 e. The quantitative estimate of drug-likeness (QED) is 0.583. The lowest BCUT2D eigenvalue weighted by Crippen LogP contribution is -2.48. The van der Waals surface area contributed by atoms with E-state index in [1.807, 2.05) is 4.90 Å². The Morgan fingerprint density at radius 3 is 2.17 bits per heavy atom. The number of hydrogen-bond acceptors (Lipinski definition) is 1. The van der Waals surface area contributed by atoms with Gasteiger partial charge in [-0.25, -0.2) is 0 Å². The first kappa shape index (κ1) is 8.09. The number of hydrogen-bond donors (Lipinski definition) is 0. The van der Waals surface area contributed by atoms with Gasteiger partial charge in [0.1, 0.15) is 0 Å². The molecular formula is C10H17NO. The van der Waals surface area contributed by atoms with Gasteiger partial charge >= 0.3 is 0 Å². The maximum absolute atomic E-state index is 11.9. The molecule has 2 nitrogen and oxygen atoms in total. The molecule has 0 aromatic heterocycles. The van der Waals surface area contributed by atoms with Gasteiger partial charge in [-0.15, -0.1) is 0 Å². The van der Waals surface area contributed by atoms with Gasteiger partial charge in [0.2, 0.25) is 5.91 Å². The van der Waals surface area contributed by atoms with E-state index >= 15 is 0 Å². The first-order valence-corrected chi connectivity index (χ1v) is 5.02. The minimum atomic E-state index is 0.0143. The van der Waals surface area contributed by atoms with Crippen LogP contribution < -0.4 is 0 Å². The molecule has 1 saturated heterocycles. The zero-order valence-electron chi connectivity index (χ0n) is 7.81. The zero-order valence-corrected chi connectivity index (χ0v) is 7.81.